The molecule has 0 spiro atoms. The standard InChI is InChI=1S/C30H36F2N4O2/c31-23-5-7-25-27(19-23)37-33-29(25)21-9-15-35(16-10-21)13-3-1-2-4-14-36-17-11-22(12-18-36)30-26-8-6-24(32)20-28(26)38-34-30/h5-8,19-22H,1-4,9-18H2. The second kappa shape index (κ2) is 11.5. The van der Waals surface area contributed by atoms with Gasteiger partial charge in [0.25, 0.3) is 0 Å². The summed E-state index contributed by atoms with van der Waals surface area (Å²) in [4.78, 5) is 5.15. The van der Waals surface area contributed by atoms with Gasteiger partial charge in [0.15, 0.2) is 11.2 Å². The summed E-state index contributed by atoms with van der Waals surface area (Å²) in [6, 6.07) is 9.43. The van der Waals surface area contributed by atoms with E-state index in [4.69, 9.17) is 9.05 Å². The van der Waals surface area contributed by atoms with Crippen molar-refractivity contribution in [1.29, 1.82) is 0 Å². The van der Waals surface area contributed by atoms with Crippen LogP contribution in [0.3, 0.4) is 0 Å². The van der Waals surface area contributed by atoms with Gasteiger partial charge in [-0.05, 0) is 102 Å². The maximum atomic E-state index is 13.4. The quantitative estimate of drug-likeness (QED) is 0.224. The molecule has 4 heterocycles. The number of nitrogens with zero attached hydrogens (tertiary/aromatic N) is 4. The summed E-state index contributed by atoms with van der Waals surface area (Å²) in [5, 5.41) is 10.4. The Morgan fingerprint density at radius 3 is 1.47 bits per heavy atom. The second-order valence-corrected chi connectivity index (χ2v) is 11.1. The summed E-state index contributed by atoms with van der Waals surface area (Å²) in [7, 11) is 0. The Balaban J connectivity index is 0.854. The summed E-state index contributed by atoms with van der Waals surface area (Å²) in [6.45, 7) is 6.68. The Morgan fingerprint density at radius 1 is 0.632 bits per heavy atom. The third-order valence-corrected chi connectivity index (χ3v) is 8.57. The van der Waals surface area contributed by atoms with Crippen molar-refractivity contribution in [3.63, 3.8) is 0 Å². The van der Waals surface area contributed by atoms with Gasteiger partial charge in [-0.2, -0.15) is 0 Å². The average molecular weight is 523 g/mol. The van der Waals surface area contributed by atoms with Gasteiger partial charge in [-0.3, -0.25) is 0 Å². The molecule has 6 rings (SSSR count). The van der Waals surface area contributed by atoms with Gasteiger partial charge in [0.1, 0.15) is 11.6 Å². The van der Waals surface area contributed by atoms with Crippen LogP contribution in [0.4, 0.5) is 8.78 Å². The minimum atomic E-state index is -0.281. The lowest BCUT2D eigenvalue weighted by Crippen LogP contribution is -2.34. The molecule has 6 nitrogen and oxygen atoms in total. The molecular formula is C30H36F2N4O2. The first-order valence-corrected chi connectivity index (χ1v) is 14.2. The normalized spacial score (nSPS) is 18.7. The Bertz CT molecular complexity index is 1250. The van der Waals surface area contributed by atoms with Crippen LogP contribution in [-0.2, 0) is 0 Å². The molecule has 38 heavy (non-hydrogen) atoms. The van der Waals surface area contributed by atoms with Crippen molar-refractivity contribution in [3.8, 4) is 0 Å². The molecule has 0 N–H and O–H groups in total. The highest BCUT2D eigenvalue weighted by molar-refractivity contribution is 5.80. The van der Waals surface area contributed by atoms with Crippen LogP contribution in [0.15, 0.2) is 45.4 Å². The number of benzene rings is 2. The highest BCUT2D eigenvalue weighted by atomic mass is 19.1. The van der Waals surface area contributed by atoms with Gasteiger partial charge in [-0.1, -0.05) is 23.2 Å². The third-order valence-electron chi connectivity index (χ3n) is 8.57. The summed E-state index contributed by atoms with van der Waals surface area (Å²) in [5.41, 5.74) is 3.09. The van der Waals surface area contributed by atoms with Gasteiger partial charge >= 0.3 is 0 Å². The number of aromatic nitrogens is 2. The topological polar surface area (TPSA) is 58.5 Å². The zero-order valence-corrected chi connectivity index (χ0v) is 21.9. The number of hydrogen-bond acceptors (Lipinski definition) is 6. The molecular weight excluding hydrogens is 486 g/mol. The molecule has 2 aromatic carbocycles. The van der Waals surface area contributed by atoms with Crippen molar-refractivity contribution in [2.24, 2.45) is 0 Å². The van der Waals surface area contributed by atoms with Crippen LogP contribution >= 0.6 is 0 Å². The van der Waals surface area contributed by atoms with E-state index >= 15 is 0 Å². The number of rotatable bonds is 9. The molecule has 0 radical (unpaired) electrons. The Kier molecular flexibility index (Phi) is 7.70. The highest BCUT2D eigenvalue weighted by Crippen LogP contribution is 2.34. The predicted molar refractivity (Wildman–Crippen MR) is 143 cm³/mol. The predicted octanol–water partition coefficient (Wildman–Crippen LogP) is 6.87. The average Bonchev–Trinajstić information content (AvgIpc) is 3.55. The second-order valence-electron chi connectivity index (χ2n) is 11.1. The monoisotopic (exact) mass is 522 g/mol. The molecule has 2 aliphatic heterocycles. The molecule has 0 unspecified atom stereocenters. The fourth-order valence-corrected chi connectivity index (χ4v) is 6.33. The van der Waals surface area contributed by atoms with Crippen LogP contribution in [0, 0.1) is 11.6 Å². The van der Waals surface area contributed by atoms with E-state index in [1.54, 1.807) is 12.1 Å². The molecule has 0 aliphatic carbocycles. The van der Waals surface area contributed by atoms with Crippen molar-refractivity contribution in [1.82, 2.24) is 20.1 Å². The van der Waals surface area contributed by atoms with Crippen molar-refractivity contribution in [3.05, 3.63) is 59.4 Å². The van der Waals surface area contributed by atoms with E-state index in [2.05, 4.69) is 20.1 Å². The number of unbranched alkanes of at least 4 members (excludes halogenated alkanes) is 3. The van der Waals surface area contributed by atoms with E-state index < -0.39 is 0 Å². The molecule has 2 aliphatic rings. The van der Waals surface area contributed by atoms with Crippen molar-refractivity contribution in [2.45, 2.75) is 63.2 Å². The van der Waals surface area contributed by atoms with Gasteiger partial charge in [0.2, 0.25) is 0 Å². The van der Waals surface area contributed by atoms with Crippen LogP contribution < -0.4 is 0 Å². The fourth-order valence-electron chi connectivity index (χ4n) is 6.33. The number of likely N-dealkylation sites (tertiary alicyclic amines) is 2. The Labute approximate surface area is 221 Å². The lowest BCUT2D eigenvalue weighted by molar-refractivity contribution is 0.198. The van der Waals surface area contributed by atoms with Gasteiger partial charge in [0, 0.05) is 34.7 Å². The van der Waals surface area contributed by atoms with Gasteiger partial charge < -0.3 is 18.8 Å². The number of hydrogen-bond donors (Lipinski definition) is 0. The molecule has 0 atom stereocenters. The Morgan fingerprint density at radius 2 is 1.05 bits per heavy atom. The maximum absolute atomic E-state index is 13.4. The smallest absolute Gasteiger partial charge is 0.170 e. The lowest BCUT2D eigenvalue weighted by Gasteiger charge is -2.31. The van der Waals surface area contributed by atoms with E-state index in [1.807, 2.05) is 0 Å². The van der Waals surface area contributed by atoms with E-state index in [0.717, 1.165) is 74.0 Å². The summed E-state index contributed by atoms with van der Waals surface area (Å²) in [5.74, 6) is 0.230. The summed E-state index contributed by atoms with van der Waals surface area (Å²) < 4.78 is 37.6. The molecule has 8 heteroatoms. The number of halogens is 2. The van der Waals surface area contributed by atoms with E-state index in [-0.39, 0.29) is 11.6 Å². The third kappa shape index (κ3) is 5.61. The van der Waals surface area contributed by atoms with Gasteiger partial charge in [-0.25, -0.2) is 8.78 Å². The molecule has 0 bridgehead atoms. The number of fused-ring (bicyclic) bond motifs is 2. The molecule has 2 fully saturated rings. The first-order chi connectivity index (χ1) is 18.6. The van der Waals surface area contributed by atoms with Crippen LogP contribution in [-0.4, -0.2) is 59.4 Å². The van der Waals surface area contributed by atoms with Crippen molar-refractivity contribution in [2.75, 3.05) is 39.3 Å². The maximum Gasteiger partial charge on any atom is 0.170 e. The molecule has 2 saturated heterocycles. The molecule has 202 valence electrons. The van der Waals surface area contributed by atoms with E-state index in [1.165, 1.54) is 63.0 Å². The van der Waals surface area contributed by atoms with Crippen molar-refractivity contribution < 1.29 is 17.8 Å². The van der Waals surface area contributed by atoms with E-state index in [0.29, 0.717) is 23.0 Å². The molecule has 4 aromatic rings. The fraction of sp³-hybridized carbons (Fsp3) is 0.533. The number of piperidine rings is 2. The summed E-state index contributed by atoms with van der Waals surface area (Å²) >= 11 is 0. The minimum absolute atomic E-state index is 0.281. The van der Waals surface area contributed by atoms with Gasteiger partial charge in [-0.15, -0.1) is 0 Å². The van der Waals surface area contributed by atoms with Crippen LogP contribution in [0.1, 0.15) is 74.6 Å². The lowest BCUT2D eigenvalue weighted by atomic mass is 9.91. The molecule has 0 amide bonds. The van der Waals surface area contributed by atoms with Crippen LogP contribution in [0.5, 0.6) is 0 Å². The zero-order valence-electron chi connectivity index (χ0n) is 21.9. The SMILES string of the molecule is Fc1ccc2c(C3CCN(CCCCCCN4CCC(c5noc6cc(F)ccc56)CC4)CC3)noc2c1. The van der Waals surface area contributed by atoms with Crippen LogP contribution in [0.2, 0.25) is 0 Å². The summed E-state index contributed by atoms with van der Waals surface area (Å²) in [6.07, 6.45) is 9.37. The molecule has 0 saturated carbocycles. The van der Waals surface area contributed by atoms with E-state index in [9.17, 15) is 8.78 Å². The zero-order chi connectivity index (χ0) is 25.9. The molecule has 2 aromatic heterocycles. The highest BCUT2D eigenvalue weighted by Gasteiger charge is 2.26. The minimum Gasteiger partial charge on any atom is -0.356 e. The van der Waals surface area contributed by atoms with Crippen molar-refractivity contribution >= 4 is 21.9 Å². The van der Waals surface area contributed by atoms with Gasteiger partial charge in [0.05, 0.1) is 11.4 Å². The Hall–Kier alpha value is -2.84. The first kappa shape index (κ1) is 25.4. The van der Waals surface area contributed by atoms with Crippen LogP contribution in [0.25, 0.3) is 21.9 Å². The largest absolute Gasteiger partial charge is 0.356 e. The first-order valence-electron chi connectivity index (χ1n) is 14.2.